The highest BCUT2D eigenvalue weighted by atomic mass is 35.5. The highest BCUT2D eigenvalue weighted by Gasteiger charge is 2.28. The molecule has 12 heteroatoms. The van der Waals surface area contributed by atoms with E-state index in [0.29, 0.717) is 49.2 Å². The van der Waals surface area contributed by atoms with Gasteiger partial charge < -0.3 is 15.7 Å². The number of benzene rings is 2. The zero-order valence-corrected chi connectivity index (χ0v) is 20.2. The predicted molar refractivity (Wildman–Crippen MR) is 134 cm³/mol. The predicted octanol–water partition coefficient (Wildman–Crippen LogP) is 5.01. The Morgan fingerprint density at radius 3 is 2.51 bits per heavy atom. The van der Waals surface area contributed by atoms with Gasteiger partial charge in [-0.3, -0.25) is 9.56 Å². The van der Waals surface area contributed by atoms with Crippen molar-refractivity contribution in [2.45, 2.75) is 13.1 Å². The minimum Gasteiger partial charge on any atom is -0.477 e. The number of hydrogen-bond acceptors (Lipinski definition) is 6. The van der Waals surface area contributed by atoms with Crippen LogP contribution in [0, 0.1) is 0 Å². The number of carboxylic acid groups (broad SMARTS) is 1. The van der Waals surface area contributed by atoms with Crippen LogP contribution < -0.4 is 10.6 Å². The summed E-state index contributed by atoms with van der Waals surface area (Å²) in [5.74, 6) is -0.129. The number of aliphatic imine (C=N–C) groups is 1. The third-order valence-corrected chi connectivity index (χ3v) is 6.98. The second-order valence-electron chi connectivity index (χ2n) is 7.43. The van der Waals surface area contributed by atoms with Crippen molar-refractivity contribution in [2.24, 2.45) is 4.99 Å². The summed E-state index contributed by atoms with van der Waals surface area (Å²) in [6.45, 7) is 0.230. The highest BCUT2D eigenvalue weighted by molar-refractivity contribution is 7.16. The molecule has 35 heavy (non-hydrogen) atoms. The van der Waals surface area contributed by atoms with Gasteiger partial charge in [0, 0.05) is 16.1 Å². The lowest BCUT2D eigenvalue weighted by Gasteiger charge is -2.11. The normalized spacial score (nSPS) is 12.2. The standard InChI is InChI=1S/C23H16Cl2N6O3S/c24-14-6-2-1-5-12(14)20-13-9-17(22(32)33)35-21(13)31-18(10-26-20)29-30-19(31)11-27-23(34)28-16-8-4-3-7-15(16)25/h1-9H,10-11H2,(H,32,33)(H2,27,28,34). The number of aromatic carboxylic acids is 1. The van der Waals surface area contributed by atoms with Crippen LogP contribution in [0.1, 0.15) is 32.4 Å². The number of carboxylic acids is 1. The van der Waals surface area contributed by atoms with Gasteiger partial charge in [0.05, 0.1) is 23.0 Å². The van der Waals surface area contributed by atoms with Crippen molar-refractivity contribution in [3.63, 3.8) is 0 Å². The van der Waals surface area contributed by atoms with E-state index in [-0.39, 0.29) is 18.0 Å². The molecule has 0 unspecified atom stereocenters. The SMILES string of the molecule is O=C(NCc1nnc2n1-c1sc(C(=O)O)cc1C(c1ccccc1Cl)=NC2)Nc1ccccc1Cl. The summed E-state index contributed by atoms with van der Waals surface area (Å²) >= 11 is 13.6. The van der Waals surface area contributed by atoms with E-state index in [4.69, 9.17) is 28.2 Å². The van der Waals surface area contributed by atoms with Crippen molar-refractivity contribution in [3.05, 3.63) is 92.3 Å². The molecule has 0 radical (unpaired) electrons. The van der Waals surface area contributed by atoms with Gasteiger partial charge in [-0.1, -0.05) is 53.5 Å². The number of hydrogen-bond donors (Lipinski definition) is 3. The van der Waals surface area contributed by atoms with Crippen molar-refractivity contribution in [2.75, 3.05) is 5.32 Å². The van der Waals surface area contributed by atoms with Crippen molar-refractivity contribution >= 4 is 57.9 Å². The van der Waals surface area contributed by atoms with E-state index in [1.807, 2.05) is 18.2 Å². The molecule has 0 saturated heterocycles. The van der Waals surface area contributed by atoms with Gasteiger partial charge in [0.25, 0.3) is 0 Å². The topological polar surface area (TPSA) is 122 Å². The zero-order valence-electron chi connectivity index (χ0n) is 17.8. The summed E-state index contributed by atoms with van der Waals surface area (Å²) < 4.78 is 1.73. The first-order chi connectivity index (χ1) is 16.9. The van der Waals surface area contributed by atoms with Crippen molar-refractivity contribution < 1.29 is 14.7 Å². The summed E-state index contributed by atoms with van der Waals surface area (Å²) in [7, 11) is 0. The molecule has 0 bridgehead atoms. The van der Waals surface area contributed by atoms with Gasteiger partial charge in [-0.15, -0.1) is 21.5 Å². The molecule has 0 saturated carbocycles. The molecule has 2 amide bonds. The Balaban J connectivity index is 1.48. The fourth-order valence-corrected chi connectivity index (χ4v) is 5.08. The molecule has 0 spiro atoms. The van der Waals surface area contributed by atoms with Crippen LogP contribution in [-0.2, 0) is 13.1 Å². The smallest absolute Gasteiger partial charge is 0.345 e. The van der Waals surface area contributed by atoms with Crippen LogP contribution in [0.5, 0.6) is 0 Å². The Labute approximate surface area is 213 Å². The summed E-state index contributed by atoms with van der Waals surface area (Å²) in [5, 5.41) is 25.0. The van der Waals surface area contributed by atoms with Crippen molar-refractivity contribution in [1.82, 2.24) is 20.1 Å². The zero-order chi connectivity index (χ0) is 24.5. The number of anilines is 1. The number of para-hydroxylation sites is 1. The number of fused-ring (bicyclic) bond motifs is 3. The van der Waals surface area contributed by atoms with Gasteiger partial charge in [-0.2, -0.15) is 0 Å². The van der Waals surface area contributed by atoms with E-state index in [2.05, 4.69) is 20.8 Å². The largest absolute Gasteiger partial charge is 0.477 e. The molecule has 5 rings (SSSR count). The number of halogens is 2. The molecule has 3 heterocycles. The second-order valence-corrected chi connectivity index (χ2v) is 9.28. The first-order valence-electron chi connectivity index (χ1n) is 10.3. The van der Waals surface area contributed by atoms with E-state index in [1.54, 1.807) is 41.0 Å². The van der Waals surface area contributed by atoms with Gasteiger partial charge >= 0.3 is 12.0 Å². The number of carbonyl (C=O) groups excluding carboxylic acids is 1. The third kappa shape index (κ3) is 4.51. The second kappa shape index (κ2) is 9.49. The highest BCUT2D eigenvalue weighted by Crippen LogP contribution is 2.34. The Kier molecular flexibility index (Phi) is 6.25. The maximum Gasteiger partial charge on any atom is 0.345 e. The molecule has 4 aromatic rings. The lowest BCUT2D eigenvalue weighted by Crippen LogP contribution is -2.29. The van der Waals surface area contributed by atoms with Crippen LogP contribution in [-0.4, -0.2) is 37.6 Å². The average molecular weight is 527 g/mol. The maximum atomic E-state index is 12.5. The van der Waals surface area contributed by atoms with Crippen LogP contribution in [0.15, 0.2) is 59.6 Å². The van der Waals surface area contributed by atoms with Crippen molar-refractivity contribution in [3.8, 4) is 5.00 Å². The number of urea groups is 1. The molecule has 1 aliphatic heterocycles. The van der Waals surface area contributed by atoms with Gasteiger partial charge in [0.1, 0.15) is 16.4 Å². The summed E-state index contributed by atoms with van der Waals surface area (Å²) in [5.41, 5.74) is 2.31. The quantitative estimate of drug-likeness (QED) is 0.337. The molecule has 9 nitrogen and oxygen atoms in total. The van der Waals surface area contributed by atoms with Crippen LogP contribution in [0.4, 0.5) is 10.5 Å². The maximum absolute atomic E-state index is 12.5. The fraction of sp³-hybridized carbons (Fsp3) is 0.0870. The fourth-order valence-electron chi connectivity index (χ4n) is 3.63. The summed E-state index contributed by atoms with van der Waals surface area (Å²) in [6.07, 6.45) is 0. The van der Waals surface area contributed by atoms with E-state index >= 15 is 0 Å². The molecule has 2 aromatic heterocycles. The molecule has 3 N–H and O–H groups in total. The molecule has 0 aliphatic carbocycles. The Bertz CT molecular complexity index is 1500. The Hall–Kier alpha value is -3.73. The van der Waals surface area contributed by atoms with Gasteiger partial charge in [-0.05, 0) is 24.3 Å². The van der Waals surface area contributed by atoms with E-state index in [9.17, 15) is 14.7 Å². The minimum absolute atomic E-state index is 0.0322. The lowest BCUT2D eigenvalue weighted by molar-refractivity contribution is 0.0702. The van der Waals surface area contributed by atoms with E-state index in [0.717, 1.165) is 11.3 Å². The van der Waals surface area contributed by atoms with Crippen LogP contribution in [0.2, 0.25) is 10.0 Å². The molecular weight excluding hydrogens is 511 g/mol. The van der Waals surface area contributed by atoms with Gasteiger partial charge in [0.2, 0.25) is 0 Å². The number of nitrogens with one attached hydrogen (secondary N) is 2. The van der Waals surface area contributed by atoms with Gasteiger partial charge in [-0.25, -0.2) is 9.59 Å². The Morgan fingerprint density at radius 1 is 1.03 bits per heavy atom. The monoisotopic (exact) mass is 526 g/mol. The minimum atomic E-state index is -1.06. The Morgan fingerprint density at radius 2 is 1.77 bits per heavy atom. The molecule has 0 atom stereocenters. The van der Waals surface area contributed by atoms with Gasteiger partial charge in [0.15, 0.2) is 11.6 Å². The van der Waals surface area contributed by atoms with Crippen molar-refractivity contribution in [1.29, 1.82) is 0 Å². The molecule has 1 aliphatic rings. The lowest BCUT2D eigenvalue weighted by atomic mass is 10.0. The molecule has 176 valence electrons. The summed E-state index contributed by atoms with van der Waals surface area (Å²) in [6, 6.07) is 15.2. The number of amides is 2. The van der Waals surface area contributed by atoms with Crippen LogP contribution >= 0.6 is 34.5 Å². The number of thiophene rings is 1. The third-order valence-electron chi connectivity index (χ3n) is 5.22. The number of carbonyl (C=O) groups is 2. The first-order valence-corrected chi connectivity index (χ1v) is 11.9. The average Bonchev–Trinajstić information content (AvgIpc) is 3.41. The molecular formula is C23H16Cl2N6O3S. The summed E-state index contributed by atoms with van der Waals surface area (Å²) in [4.78, 5) is 29.1. The van der Waals surface area contributed by atoms with E-state index in [1.165, 1.54) is 0 Å². The molecule has 2 aromatic carbocycles. The van der Waals surface area contributed by atoms with E-state index < -0.39 is 12.0 Å². The first kappa shape index (κ1) is 23.0. The van der Waals surface area contributed by atoms with Crippen LogP contribution in [0.3, 0.4) is 0 Å². The number of rotatable bonds is 5. The van der Waals surface area contributed by atoms with Crippen LogP contribution in [0.25, 0.3) is 5.00 Å². The number of aromatic nitrogens is 3. The number of nitrogens with zero attached hydrogens (tertiary/aromatic N) is 4. The molecule has 0 fully saturated rings.